The van der Waals surface area contributed by atoms with Crippen molar-refractivity contribution in [3.63, 3.8) is 0 Å². The molecular weight excluding hydrogens is 182 g/mol. The maximum atomic E-state index is 9.24. The Morgan fingerprint density at radius 3 is 2.79 bits per heavy atom. The Morgan fingerprint density at radius 2 is 2.29 bits per heavy atom. The number of aromatic nitrogens is 2. The van der Waals surface area contributed by atoms with E-state index in [1.165, 1.54) is 6.42 Å². The van der Waals surface area contributed by atoms with Gasteiger partial charge in [-0.1, -0.05) is 11.6 Å². The maximum Gasteiger partial charge on any atom is 0.246 e. The summed E-state index contributed by atoms with van der Waals surface area (Å²) in [6, 6.07) is -0.573. The molecule has 14 heavy (non-hydrogen) atoms. The predicted molar refractivity (Wildman–Crippen MR) is 49.5 cm³/mol. The first-order valence-corrected chi connectivity index (χ1v) is 4.95. The number of hydrogen-bond donors (Lipinski definition) is 2. The molecule has 2 rings (SSSR count). The second-order valence-electron chi connectivity index (χ2n) is 3.89. The van der Waals surface area contributed by atoms with Gasteiger partial charge in [-0.2, -0.15) is 4.98 Å². The van der Waals surface area contributed by atoms with E-state index in [0.717, 1.165) is 18.7 Å². The van der Waals surface area contributed by atoms with Crippen molar-refractivity contribution in [2.24, 2.45) is 5.73 Å². The van der Waals surface area contributed by atoms with Crippen LogP contribution in [0.3, 0.4) is 0 Å². The normalized spacial score (nSPS) is 21.6. The first-order chi connectivity index (χ1) is 6.68. The molecule has 1 aliphatic rings. The summed E-state index contributed by atoms with van der Waals surface area (Å²) in [5, 5.41) is 13.1. The fourth-order valence-corrected chi connectivity index (χ4v) is 1.42. The Morgan fingerprint density at radius 1 is 1.57 bits per heavy atom. The highest BCUT2D eigenvalue weighted by Gasteiger charge is 2.26. The van der Waals surface area contributed by atoms with Crippen molar-refractivity contribution in [1.29, 1.82) is 0 Å². The first-order valence-electron chi connectivity index (χ1n) is 4.95. The fraction of sp³-hybridized carbons (Fsp3) is 0.778. The van der Waals surface area contributed by atoms with Gasteiger partial charge < -0.3 is 15.4 Å². The SMILES string of the molecule is C[C@@H](O)[C@H](N)c1nc(C2CCC2)no1. The molecule has 0 unspecified atom stereocenters. The zero-order valence-corrected chi connectivity index (χ0v) is 8.18. The first kappa shape index (κ1) is 9.61. The molecule has 5 heteroatoms. The van der Waals surface area contributed by atoms with E-state index in [-0.39, 0.29) is 0 Å². The van der Waals surface area contributed by atoms with Crippen molar-refractivity contribution in [2.45, 2.75) is 44.2 Å². The summed E-state index contributed by atoms with van der Waals surface area (Å²) in [6.07, 6.45) is 2.83. The minimum Gasteiger partial charge on any atom is -0.391 e. The minimum absolute atomic E-state index is 0.335. The quantitative estimate of drug-likeness (QED) is 0.745. The third kappa shape index (κ3) is 1.65. The van der Waals surface area contributed by atoms with Gasteiger partial charge in [0, 0.05) is 5.92 Å². The van der Waals surface area contributed by atoms with Crippen LogP contribution in [0.5, 0.6) is 0 Å². The second-order valence-corrected chi connectivity index (χ2v) is 3.89. The lowest BCUT2D eigenvalue weighted by atomic mass is 9.85. The fourth-order valence-electron chi connectivity index (χ4n) is 1.42. The zero-order chi connectivity index (χ0) is 10.1. The highest BCUT2D eigenvalue weighted by atomic mass is 16.5. The van der Waals surface area contributed by atoms with E-state index in [1.54, 1.807) is 6.92 Å². The maximum absolute atomic E-state index is 9.24. The largest absolute Gasteiger partial charge is 0.391 e. The molecule has 0 spiro atoms. The van der Waals surface area contributed by atoms with Crippen LogP contribution in [0, 0.1) is 0 Å². The minimum atomic E-state index is -0.662. The summed E-state index contributed by atoms with van der Waals surface area (Å²) in [5.74, 6) is 1.51. The van der Waals surface area contributed by atoms with Gasteiger partial charge in [0.1, 0.15) is 6.04 Å². The summed E-state index contributed by atoms with van der Waals surface area (Å²) < 4.78 is 5.00. The predicted octanol–water partition coefficient (Wildman–Crippen LogP) is 0.718. The Labute approximate surface area is 82.3 Å². The molecule has 1 heterocycles. The highest BCUT2D eigenvalue weighted by molar-refractivity contribution is 5.02. The molecule has 1 fully saturated rings. The lowest BCUT2D eigenvalue weighted by Gasteiger charge is -2.21. The van der Waals surface area contributed by atoms with Crippen LogP contribution >= 0.6 is 0 Å². The van der Waals surface area contributed by atoms with Crippen LogP contribution in [0.25, 0.3) is 0 Å². The van der Waals surface area contributed by atoms with E-state index in [9.17, 15) is 5.11 Å². The Balaban J connectivity index is 2.08. The van der Waals surface area contributed by atoms with Crippen LogP contribution in [0.4, 0.5) is 0 Å². The van der Waals surface area contributed by atoms with Crippen LogP contribution < -0.4 is 5.73 Å². The summed E-state index contributed by atoms with van der Waals surface area (Å²) in [7, 11) is 0. The molecule has 0 amide bonds. The molecule has 1 saturated carbocycles. The Kier molecular flexibility index (Phi) is 2.52. The molecule has 1 aromatic rings. The molecule has 0 bridgehead atoms. The number of aliphatic hydroxyl groups excluding tert-OH is 1. The van der Waals surface area contributed by atoms with Gasteiger partial charge in [-0.3, -0.25) is 0 Å². The number of aliphatic hydroxyl groups is 1. The van der Waals surface area contributed by atoms with Gasteiger partial charge in [-0.05, 0) is 19.8 Å². The van der Waals surface area contributed by atoms with E-state index in [2.05, 4.69) is 10.1 Å². The van der Waals surface area contributed by atoms with Crippen molar-refractivity contribution >= 4 is 0 Å². The summed E-state index contributed by atoms with van der Waals surface area (Å²) in [6.45, 7) is 1.61. The van der Waals surface area contributed by atoms with Crippen molar-refractivity contribution in [1.82, 2.24) is 10.1 Å². The third-order valence-corrected chi connectivity index (χ3v) is 2.73. The van der Waals surface area contributed by atoms with Crippen LogP contribution in [0.1, 0.15) is 49.9 Å². The van der Waals surface area contributed by atoms with Gasteiger partial charge in [0.15, 0.2) is 5.82 Å². The highest BCUT2D eigenvalue weighted by Crippen LogP contribution is 2.34. The third-order valence-electron chi connectivity index (χ3n) is 2.73. The molecule has 1 aromatic heterocycles. The van der Waals surface area contributed by atoms with Crippen molar-refractivity contribution in [2.75, 3.05) is 0 Å². The van der Waals surface area contributed by atoms with E-state index in [1.807, 2.05) is 0 Å². The standard InChI is InChI=1S/C9H15N3O2/c1-5(13)7(10)9-11-8(12-14-9)6-3-2-4-6/h5-7,13H,2-4,10H2,1H3/t5-,7+/m1/s1. The molecule has 0 aromatic carbocycles. The van der Waals surface area contributed by atoms with Gasteiger partial charge in [0.05, 0.1) is 6.10 Å². The van der Waals surface area contributed by atoms with Gasteiger partial charge in [0.25, 0.3) is 0 Å². The molecule has 1 aliphatic carbocycles. The Bertz CT molecular complexity index is 307. The molecule has 0 aliphatic heterocycles. The summed E-state index contributed by atoms with van der Waals surface area (Å²) in [5.41, 5.74) is 5.66. The molecule has 0 saturated heterocycles. The molecule has 2 atom stereocenters. The van der Waals surface area contributed by atoms with Crippen molar-refractivity contribution in [3.8, 4) is 0 Å². The summed E-state index contributed by atoms with van der Waals surface area (Å²) >= 11 is 0. The van der Waals surface area contributed by atoms with Crippen molar-refractivity contribution in [3.05, 3.63) is 11.7 Å². The second kappa shape index (κ2) is 3.67. The smallest absolute Gasteiger partial charge is 0.246 e. The molecule has 0 radical (unpaired) electrons. The monoisotopic (exact) mass is 197 g/mol. The van der Waals surface area contributed by atoms with Gasteiger partial charge in [-0.25, -0.2) is 0 Å². The van der Waals surface area contributed by atoms with E-state index < -0.39 is 12.1 Å². The van der Waals surface area contributed by atoms with E-state index >= 15 is 0 Å². The zero-order valence-electron chi connectivity index (χ0n) is 8.18. The van der Waals surface area contributed by atoms with Gasteiger partial charge in [-0.15, -0.1) is 0 Å². The molecule has 3 N–H and O–H groups in total. The number of nitrogens with two attached hydrogens (primary N) is 1. The average Bonchev–Trinajstić information content (AvgIpc) is 2.48. The summed E-state index contributed by atoms with van der Waals surface area (Å²) in [4.78, 5) is 4.19. The van der Waals surface area contributed by atoms with Gasteiger partial charge >= 0.3 is 0 Å². The van der Waals surface area contributed by atoms with Crippen LogP contribution in [-0.4, -0.2) is 21.4 Å². The average molecular weight is 197 g/mol. The topological polar surface area (TPSA) is 85.2 Å². The lowest BCUT2D eigenvalue weighted by Crippen LogP contribution is -2.23. The van der Waals surface area contributed by atoms with E-state index in [4.69, 9.17) is 10.3 Å². The van der Waals surface area contributed by atoms with Crippen LogP contribution in [-0.2, 0) is 0 Å². The van der Waals surface area contributed by atoms with Crippen LogP contribution in [0.15, 0.2) is 4.52 Å². The molecule has 78 valence electrons. The van der Waals surface area contributed by atoms with Crippen LogP contribution in [0.2, 0.25) is 0 Å². The molecular formula is C9H15N3O2. The number of nitrogens with zero attached hydrogens (tertiary/aromatic N) is 2. The molecule has 5 nitrogen and oxygen atoms in total. The van der Waals surface area contributed by atoms with Crippen molar-refractivity contribution < 1.29 is 9.63 Å². The lowest BCUT2D eigenvalue weighted by molar-refractivity contribution is 0.146. The number of hydrogen-bond acceptors (Lipinski definition) is 5. The Hall–Kier alpha value is -0.940. The number of rotatable bonds is 3. The van der Waals surface area contributed by atoms with E-state index in [0.29, 0.717) is 11.8 Å². The van der Waals surface area contributed by atoms with Gasteiger partial charge in [0.2, 0.25) is 5.89 Å².